The summed E-state index contributed by atoms with van der Waals surface area (Å²) in [5.41, 5.74) is 1.22. The summed E-state index contributed by atoms with van der Waals surface area (Å²) in [7, 11) is 0. The van der Waals surface area contributed by atoms with E-state index in [0.717, 1.165) is 0 Å². The molecule has 128 valence electrons. The SMILES string of the molecule is CC(=O)OOc1nn(-c2ccccc2F)c(-c2cnc(C)nc2)c1Br. The van der Waals surface area contributed by atoms with Gasteiger partial charge >= 0.3 is 11.8 Å². The number of rotatable bonds is 4. The van der Waals surface area contributed by atoms with Crippen LogP contribution in [0, 0.1) is 12.7 Å². The molecule has 25 heavy (non-hydrogen) atoms. The molecule has 9 heteroatoms. The van der Waals surface area contributed by atoms with Crippen LogP contribution in [0.25, 0.3) is 16.9 Å². The summed E-state index contributed by atoms with van der Waals surface area (Å²) in [5.74, 6) is -0.569. The third kappa shape index (κ3) is 3.50. The lowest BCUT2D eigenvalue weighted by atomic mass is 10.2. The molecular weight excluding hydrogens is 395 g/mol. The zero-order valence-electron chi connectivity index (χ0n) is 13.2. The van der Waals surface area contributed by atoms with Gasteiger partial charge in [0.1, 0.15) is 21.8 Å². The summed E-state index contributed by atoms with van der Waals surface area (Å²) in [6.45, 7) is 2.94. The average Bonchev–Trinajstić information content (AvgIpc) is 2.91. The maximum absolute atomic E-state index is 14.3. The monoisotopic (exact) mass is 406 g/mol. The lowest BCUT2D eigenvalue weighted by molar-refractivity contribution is -0.212. The van der Waals surface area contributed by atoms with E-state index < -0.39 is 11.8 Å². The van der Waals surface area contributed by atoms with E-state index in [2.05, 4.69) is 35.9 Å². The second-order valence-electron chi connectivity index (χ2n) is 5.01. The van der Waals surface area contributed by atoms with E-state index in [4.69, 9.17) is 4.89 Å². The molecule has 0 bridgehead atoms. The van der Waals surface area contributed by atoms with Crippen molar-refractivity contribution in [1.29, 1.82) is 0 Å². The molecule has 0 fully saturated rings. The van der Waals surface area contributed by atoms with Crippen molar-refractivity contribution in [3.63, 3.8) is 0 Å². The standard InChI is InChI=1S/C16H12BrFN4O3/c1-9-19-7-11(8-20-9)15-14(17)16(25-24-10(2)23)21-22(15)13-6-4-3-5-12(13)18/h3-8H,1-2H3. The first kappa shape index (κ1) is 17.0. The fourth-order valence-corrected chi connectivity index (χ4v) is 2.63. The van der Waals surface area contributed by atoms with Gasteiger partial charge in [0, 0.05) is 24.9 Å². The molecule has 1 aromatic carbocycles. The number of benzene rings is 1. The quantitative estimate of drug-likeness (QED) is 0.487. The molecule has 0 atom stereocenters. The number of halogens is 2. The molecule has 2 heterocycles. The van der Waals surface area contributed by atoms with Crippen LogP contribution in [0.4, 0.5) is 4.39 Å². The van der Waals surface area contributed by atoms with Crippen LogP contribution in [0.5, 0.6) is 5.88 Å². The van der Waals surface area contributed by atoms with E-state index in [-0.39, 0.29) is 11.6 Å². The predicted molar refractivity (Wildman–Crippen MR) is 89.4 cm³/mol. The Kier molecular flexibility index (Phi) is 4.75. The number of carbonyl (C=O) groups excluding carboxylic acids is 1. The predicted octanol–water partition coefficient (Wildman–Crippen LogP) is 3.40. The van der Waals surface area contributed by atoms with Crippen LogP contribution in [0.2, 0.25) is 0 Å². The Morgan fingerprint density at radius 1 is 1.24 bits per heavy atom. The van der Waals surface area contributed by atoms with Crippen LogP contribution in [0.3, 0.4) is 0 Å². The topological polar surface area (TPSA) is 79.1 Å². The van der Waals surface area contributed by atoms with E-state index in [9.17, 15) is 9.18 Å². The highest BCUT2D eigenvalue weighted by Crippen LogP contribution is 2.37. The Hall–Kier alpha value is -2.81. The highest BCUT2D eigenvalue weighted by Gasteiger charge is 2.23. The van der Waals surface area contributed by atoms with Gasteiger partial charge in [-0.1, -0.05) is 12.1 Å². The van der Waals surface area contributed by atoms with E-state index in [1.165, 1.54) is 17.7 Å². The number of nitrogens with zero attached hydrogens (tertiary/aromatic N) is 4. The smallest absolute Gasteiger partial charge is 0.263 e. The highest BCUT2D eigenvalue weighted by molar-refractivity contribution is 9.10. The number of aryl methyl sites for hydroxylation is 1. The molecule has 0 N–H and O–H groups in total. The summed E-state index contributed by atoms with van der Waals surface area (Å²) in [6, 6.07) is 6.12. The highest BCUT2D eigenvalue weighted by atomic mass is 79.9. The first-order chi connectivity index (χ1) is 12.0. The Morgan fingerprint density at radius 2 is 1.92 bits per heavy atom. The molecule has 0 radical (unpaired) electrons. The lowest BCUT2D eigenvalue weighted by Gasteiger charge is -2.08. The number of hydrogen-bond acceptors (Lipinski definition) is 6. The van der Waals surface area contributed by atoms with Gasteiger partial charge in [-0.15, -0.1) is 5.10 Å². The summed E-state index contributed by atoms with van der Waals surface area (Å²) >= 11 is 3.35. The zero-order chi connectivity index (χ0) is 18.0. The summed E-state index contributed by atoms with van der Waals surface area (Å²) in [6.07, 6.45) is 3.16. The molecule has 7 nitrogen and oxygen atoms in total. The minimum atomic E-state index is -0.646. The van der Waals surface area contributed by atoms with Crippen molar-refractivity contribution in [1.82, 2.24) is 19.7 Å². The fraction of sp³-hybridized carbons (Fsp3) is 0.125. The summed E-state index contributed by atoms with van der Waals surface area (Å²) in [4.78, 5) is 28.7. The Balaban J connectivity index is 2.18. The van der Waals surface area contributed by atoms with Gasteiger partial charge in [0.15, 0.2) is 0 Å². The summed E-state index contributed by atoms with van der Waals surface area (Å²) < 4.78 is 15.9. The average molecular weight is 407 g/mol. The molecule has 0 spiro atoms. The number of aromatic nitrogens is 4. The lowest BCUT2D eigenvalue weighted by Crippen LogP contribution is -2.05. The number of carbonyl (C=O) groups is 1. The maximum Gasteiger partial charge on any atom is 0.352 e. The van der Waals surface area contributed by atoms with Gasteiger partial charge in [-0.25, -0.2) is 28.7 Å². The second-order valence-corrected chi connectivity index (χ2v) is 5.80. The first-order valence-electron chi connectivity index (χ1n) is 7.15. The van der Waals surface area contributed by atoms with Gasteiger partial charge < -0.3 is 0 Å². The molecule has 0 saturated carbocycles. The van der Waals surface area contributed by atoms with Crippen molar-refractivity contribution in [2.75, 3.05) is 0 Å². The molecule has 3 aromatic rings. The minimum absolute atomic E-state index is 0.0333. The number of hydrogen-bond donors (Lipinski definition) is 0. The van der Waals surface area contributed by atoms with Crippen molar-refractivity contribution in [2.45, 2.75) is 13.8 Å². The zero-order valence-corrected chi connectivity index (χ0v) is 14.8. The van der Waals surface area contributed by atoms with E-state index in [0.29, 0.717) is 21.6 Å². The molecule has 0 aliphatic rings. The fourth-order valence-electron chi connectivity index (χ4n) is 2.09. The van der Waals surface area contributed by atoms with Gasteiger partial charge in [0.05, 0.1) is 5.69 Å². The van der Waals surface area contributed by atoms with Gasteiger partial charge in [-0.2, -0.15) is 0 Å². The van der Waals surface area contributed by atoms with Crippen molar-refractivity contribution in [2.24, 2.45) is 0 Å². The Morgan fingerprint density at radius 3 is 2.56 bits per heavy atom. The number of para-hydroxylation sites is 1. The van der Waals surface area contributed by atoms with Crippen LogP contribution >= 0.6 is 15.9 Å². The molecule has 0 aliphatic carbocycles. The van der Waals surface area contributed by atoms with Crippen molar-refractivity contribution in [3.05, 3.63) is 52.8 Å². The van der Waals surface area contributed by atoms with Gasteiger partial charge in [0.2, 0.25) is 0 Å². The van der Waals surface area contributed by atoms with Crippen LogP contribution in [0.15, 0.2) is 41.1 Å². The molecule has 0 unspecified atom stereocenters. The first-order valence-corrected chi connectivity index (χ1v) is 7.94. The van der Waals surface area contributed by atoms with Crippen molar-refractivity contribution in [3.8, 4) is 22.8 Å². The normalized spacial score (nSPS) is 10.6. The minimum Gasteiger partial charge on any atom is -0.263 e. The summed E-state index contributed by atoms with van der Waals surface area (Å²) in [5, 5.41) is 4.19. The molecule has 2 aromatic heterocycles. The van der Waals surface area contributed by atoms with E-state index in [1.807, 2.05) is 0 Å². The third-order valence-corrected chi connectivity index (χ3v) is 3.89. The van der Waals surface area contributed by atoms with Crippen LogP contribution in [0.1, 0.15) is 12.7 Å². The largest absolute Gasteiger partial charge is 0.352 e. The molecule has 0 amide bonds. The van der Waals surface area contributed by atoms with Gasteiger partial charge in [0.25, 0.3) is 0 Å². The Labute approximate surface area is 150 Å². The molecule has 3 rings (SSSR count). The Bertz CT molecular complexity index is 928. The van der Waals surface area contributed by atoms with Gasteiger partial charge in [-0.3, -0.25) is 4.89 Å². The second kappa shape index (κ2) is 6.98. The van der Waals surface area contributed by atoms with Crippen LogP contribution < -0.4 is 4.89 Å². The maximum atomic E-state index is 14.3. The molecule has 0 saturated heterocycles. The third-order valence-electron chi connectivity index (χ3n) is 3.17. The van der Waals surface area contributed by atoms with Crippen LogP contribution in [-0.2, 0) is 9.68 Å². The van der Waals surface area contributed by atoms with E-state index in [1.54, 1.807) is 37.5 Å². The van der Waals surface area contributed by atoms with Gasteiger partial charge in [-0.05, 0) is 35.0 Å². The van der Waals surface area contributed by atoms with Crippen molar-refractivity contribution < 1.29 is 19.0 Å². The van der Waals surface area contributed by atoms with Crippen molar-refractivity contribution >= 4 is 21.9 Å². The molecule has 0 aliphatic heterocycles. The molecular formula is C16H12BrFN4O3. The van der Waals surface area contributed by atoms with E-state index >= 15 is 0 Å². The van der Waals surface area contributed by atoms with Crippen LogP contribution in [-0.4, -0.2) is 25.7 Å².